The molecule has 0 fully saturated rings. The smallest absolute Gasteiger partial charge is 0.137 e. The fourth-order valence-corrected chi connectivity index (χ4v) is 1.93. The van der Waals surface area contributed by atoms with Crippen LogP contribution in [0.5, 0.6) is 5.75 Å². The van der Waals surface area contributed by atoms with Gasteiger partial charge in [0.1, 0.15) is 5.75 Å². The molecular weight excluding hydrogens is 238 g/mol. The minimum Gasteiger partial charge on any atom is -0.492 e. The average molecular weight is 257 g/mol. The van der Waals surface area contributed by atoms with Gasteiger partial charge >= 0.3 is 0 Å². The number of nitrogens with zero attached hydrogens (tertiary/aromatic N) is 1. The quantitative estimate of drug-likeness (QED) is 0.895. The fourth-order valence-electron chi connectivity index (χ4n) is 1.93. The number of aliphatic hydroxyl groups excluding tert-OH is 1. The van der Waals surface area contributed by atoms with Crippen LogP contribution in [0.25, 0.3) is 0 Å². The molecule has 1 unspecified atom stereocenters. The summed E-state index contributed by atoms with van der Waals surface area (Å²) in [7, 11) is 0. The molecule has 19 heavy (non-hydrogen) atoms. The number of rotatable bonds is 5. The zero-order valence-corrected chi connectivity index (χ0v) is 11.3. The number of pyridine rings is 1. The molecule has 3 heteroatoms. The molecular formula is C16H19NO2. The Labute approximate surface area is 113 Å². The van der Waals surface area contributed by atoms with Gasteiger partial charge in [0.15, 0.2) is 0 Å². The number of aryl methyl sites for hydroxylation is 1. The Kier molecular flexibility index (Phi) is 4.53. The number of ether oxygens (including phenoxy) is 1. The Morgan fingerprint density at radius 1 is 1.21 bits per heavy atom. The fraction of sp³-hybridized carbons (Fsp3) is 0.312. The predicted octanol–water partition coefficient (Wildman–Crippen LogP) is 3.06. The molecule has 2 rings (SSSR count). The van der Waals surface area contributed by atoms with Gasteiger partial charge in [-0.15, -0.1) is 0 Å². The van der Waals surface area contributed by atoms with Gasteiger partial charge in [-0.05, 0) is 25.5 Å². The van der Waals surface area contributed by atoms with Crippen LogP contribution in [-0.2, 0) is 6.42 Å². The molecule has 3 nitrogen and oxygen atoms in total. The van der Waals surface area contributed by atoms with Crippen LogP contribution in [0.4, 0.5) is 0 Å². The highest BCUT2D eigenvalue weighted by Crippen LogP contribution is 2.21. The van der Waals surface area contributed by atoms with Crippen molar-refractivity contribution in [2.75, 3.05) is 6.61 Å². The van der Waals surface area contributed by atoms with Crippen molar-refractivity contribution in [3.8, 4) is 5.75 Å². The van der Waals surface area contributed by atoms with Gasteiger partial charge in [-0.2, -0.15) is 0 Å². The van der Waals surface area contributed by atoms with Crippen molar-refractivity contribution >= 4 is 0 Å². The van der Waals surface area contributed by atoms with Gasteiger partial charge < -0.3 is 9.84 Å². The topological polar surface area (TPSA) is 42.4 Å². The van der Waals surface area contributed by atoms with Crippen LogP contribution in [0.2, 0.25) is 0 Å². The van der Waals surface area contributed by atoms with E-state index in [0.29, 0.717) is 18.8 Å². The standard InChI is InChI=1S/C16H19NO2/c1-3-19-15-9-14(10-17-11-15)16(18)8-13-6-4-12(2)5-7-13/h4-7,9-11,16,18H,3,8H2,1-2H3. The first-order valence-corrected chi connectivity index (χ1v) is 6.50. The van der Waals surface area contributed by atoms with Crippen LogP contribution in [-0.4, -0.2) is 16.7 Å². The van der Waals surface area contributed by atoms with E-state index >= 15 is 0 Å². The molecule has 0 aliphatic heterocycles. The summed E-state index contributed by atoms with van der Waals surface area (Å²) in [5.41, 5.74) is 3.12. The molecule has 0 amide bonds. The Bertz CT molecular complexity index is 523. The number of aliphatic hydroxyl groups is 1. The molecule has 1 N–H and O–H groups in total. The van der Waals surface area contributed by atoms with Crippen LogP contribution in [0, 0.1) is 6.92 Å². The second-order valence-electron chi connectivity index (χ2n) is 4.59. The Morgan fingerprint density at radius 2 is 1.95 bits per heavy atom. The summed E-state index contributed by atoms with van der Waals surface area (Å²) in [4.78, 5) is 4.10. The van der Waals surface area contributed by atoms with Crippen LogP contribution in [0.15, 0.2) is 42.7 Å². The van der Waals surface area contributed by atoms with Gasteiger partial charge in [-0.1, -0.05) is 29.8 Å². The Hall–Kier alpha value is -1.87. The molecule has 0 aliphatic rings. The summed E-state index contributed by atoms with van der Waals surface area (Å²) in [6, 6.07) is 10.0. The summed E-state index contributed by atoms with van der Waals surface area (Å²) >= 11 is 0. The third-order valence-corrected chi connectivity index (χ3v) is 2.98. The average Bonchev–Trinajstić information content (AvgIpc) is 2.42. The van der Waals surface area contributed by atoms with E-state index in [2.05, 4.69) is 24.0 Å². The highest BCUT2D eigenvalue weighted by molar-refractivity contribution is 5.28. The molecule has 2 aromatic rings. The van der Waals surface area contributed by atoms with Gasteiger partial charge in [-0.25, -0.2) is 0 Å². The second kappa shape index (κ2) is 6.34. The van der Waals surface area contributed by atoms with Crippen molar-refractivity contribution in [2.24, 2.45) is 0 Å². The first-order valence-electron chi connectivity index (χ1n) is 6.50. The molecule has 1 heterocycles. The van der Waals surface area contributed by atoms with Crippen LogP contribution in [0.1, 0.15) is 29.7 Å². The summed E-state index contributed by atoms with van der Waals surface area (Å²) in [6.45, 7) is 4.57. The highest BCUT2D eigenvalue weighted by Gasteiger charge is 2.10. The van der Waals surface area contributed by atoms with Crippen molar-refractivity contribution in [3.63, 3.8) is 0 Å². The lowest BCUT2D eigenvalue weighted by atomic mass is 10.0. The second-order valence-corrected chi connectivity index (χ2v) is 4.59. The maximum absolute atomic E-state index is 10.2. The SMILES string of the molecule is CCOc1cncc(C(O)Cc2ccc(C)cc2)c1. The molecule has 100 valence electrons. The predicted molar refractivity (Wildman–Crippen MR) is 75.2 cm³/mol. The van der Waals surface area contributed by atoms with Crippen LogP contribution >= 0.6 is 0 Å². The maximum atomic E-state index is 10.2. The molecule has 0 aliphatic carbocycles. The Morgan fingerprint density at radius 3 is 2.63 bits per heavy atom. The zero-order chi connectivity index (χ0) is 13.7. The number of aromatic nitrogens is 1. The Balaban J connectivity index is 2.08. The minimum absolute atomic E-state index is 0.560. The molecule has 1 aromatic carbocycles. The van der Waals surface area contributed by atoms with Crippen molar-refractivity contribution in [1.29, 1.82) is 0 Å². The van der Waals surface area contributed by atoms with E-state index in [-0.39, 0.29) is 0 Å². The highest BCUT2D eigenvalue weighted by atomic mass is 16.5. The molecule has 0 saturated heterocycles. The monoisotopic (exact) mass is 257 g/mol. The lowest BCUT2D eigenvalue weighted by Crippen LogP contribution is -2.03. The van der Waals surface area contributed by atoms with E-state index in [1.807, 2.05) is 25.1 Å². The third kappa shape index (κ3) is 3.80. The van der Waals surface area contributed by atoms with Gasteiger partial charge in [0, 0.05) is 18.2 Å². The first-order chi connectivity index (χ1) is 9.19. The van der Waals surface area contributed by atoms with Crippen LogP contribution in [0.3, 0.4) is 0 Å². The zero-order valence-electron chi connectivity index (χ0n) is 11.3. The van der Waals surface area contributed by atoms with Crippen molar-refractivity contribution in [2.45, 2.75) is 26.4 Å². The number of benzene rings is 1. The maximum Gasteiger partial charge on any atom is 0.137 e. The molecule has 1 atom stereocenters. The van der Waals surface area contributed by atoms with Gasteiger partial charge in [-0.3, -0.25) is 4.98 Å². The number of hydrogen-bond acceptors (Lipinski definition) is 3. The summed E-state index contributed by atoms with van der Waals surface area (Å²) in [5, 5.41) is 10.2. The lowest BCUT2D eigenvalue weighted by Gasteiger charge is -2.12. The number of hydrogen-bond donors (Lipinski definition) is 1. The first kappa shape index (κ1) is 13.6. The van der Waals surface area contributed by atoms with Crippen LogP contribution < -0.4 is 4.74 Å². The summed E-state index contributed by atoms with van der Waals surface area (Å²) in [5.74, 6) is 0.697. The van der Waals surface area contributed by atoms with Gasteiger partial charge in [0.2, 0.25) is 0 Å². The van der Waals surface area contributed by atoms with E-state index in [4.69, 9.17) is 4.74 Å². The normalized spacial score (nSPS) is 12.2. The van der Waals surface area contributed by atoms with E-state index in [9.17, 15) is 5.11 Å². The largest absolute Gasteiger partial charge is 0.492 e. The van der Waals surface area contributed by atoms with Gasteiger partial charge in [0.05, 0.1) is 18.9 Å². The lowest BCUT2D eigenvalue weighted by molar-refractivity contribution is 0.177. The van der Waals surface area contributed by atoms with Gasteiger partial charge in [0.25, 0.3) is 0 Å². The van der Waals surface area contributed by atoms with E-state index < -0.39 is 6.10 Å². The molecule has 0 radical (unpaired) electrons. The van der Waals surface area contributed by atoms with Crippen molar-refractivity contribution in [3.05, 3.63) is 59.4 Å². The molecule has 1 aromatic heterocycles. The minimum atomic E-state index is -0.560. The van der Waals surface area contributed by atoms with Crippen molar-refractivity contribution < 1.29 is 9.84 Å². The molecule has 0 bridgehead atoms. The third-order valence-electron chi connectivity index (χ3n) is 2.98. The molecule has 0 spiro atoms. The summed E-state index contributed by atoms with van der Waals surface area (Å²) in [6.07, 6.45) is 3.36. The van der Waals surface area contributed by atoms with Crippen molar-refractivity contribution in [1.82, 2.24) is 4.98 Å². The van der Waals surface area contributed by atoms with E-state index in [1.54, 1.807) is 12.4 Å². The van der Waals surface area contributed by atoms with E-state index in [0.717, 1.165) is 11.1 Å². The molecule has 0 saturated carbocycles. The van der Waals surface area contributed by atoms with E-state index in [1.165, 1.54) is 5.56 Å². The summed E-state index contributed by atoms with van der Waals surface area (Å²) < 4.78 is 5.39.